The monoisotopic (exact) mass is 955 g/mol. The van der Waals surface area contributed by atoms with Crippen molar-refractivity contribution in [1.29, 1.82) is 0 Å². The minimum absolute atomic E-state index is 0.0374. The number of cyclic esters (lactones) is 1. The number of likely N-dealkylation sites (N-methyl/N-ethyl adjacent to an activating group) is 2. The fourth-order valence-corrected chi connectivity index (χ4v) is 9.66. The fourth-order valence-electron chi connectivity index (χ4n) is 9.66. The molecule has 3 amide bonds. The van der Waals surface area contributed by atoms with E-state index in [1.165, 1.54) is 35.3 Å². The molecule has 0 spiro atoms. The first-order chi connectivity index (χ1) is 33.4. The molecule has 0 radical (unpaired) electrons. The zero-order valence-electron chi connectivity index (χ0n) is 41.7. The maximum atomic E-state index is 15.2. The molecular weight excluding hydrogens is 889 g/mol. The first kappa shape index (κ1) is 51.1. The van der Waals surface area contributed by atoms with Crippen molar-refractivity contribution in [2.45, 2.75) is 85.5 Å². The van der Waals surface area contributed by atoms with Gasteiger partial charge in [-0.3, -0.25) is 34.0 Å². The molecule has 16 heteroatoms. The van der Waals surface area contributed by atoms with E-state index in [0.29, 0.717) is 55.8 Å². The molecular formula is C54H66N8O8. The maximum absolute atomic E-state index is 15.2. The predicted octanol–water partition coefficient (Wildman–Crippen LogP) is 6.84. The molecule has 3 aromatic heterocycles. The van der Waals surface area contributed by atoms with Gasteiger partial charge in [0.15, 0.2) is 5.78 Å². The number of fused-ring (bicyclic) bond motifs is 6. The lowest BCUT2D eigenvalue weighted by Gasteiger charge is -2.37. The van der Waals surface area contributed by atoms with Crippen molar-refractivity contribution in [2.75, 3.05) is 53.3 Å². The number of esters is 1. The van der Waals surface area contributed by atoms with E-state index in [2.05, 4.69) is 59.3 Å². The van der Waals surface area contributed by atoms with Crippen molar-refractivity contribution in [3.05, 3.63) is 108 Å². The van der Waals surface area contributed by atoms with Crippen LogP contribution in [0.4, 0.5) is 5.69 Å². The maximum Gasteiger partial charge on any atom is 0.324 e. The lowest BCUT2D eigenvalue weighted by Crippen LogP contribution is -2.59. The number of aromatic nitrogens is 3. The van der Waals surface area contributed by atoms with Crippen LogP contribution in [-0.4, -0.2) is 124 Å². The Morgan fingerprint density at radius 2 is 1.83 bits per heavy atom. The van der Waals surface area contributed by atoms with Gasteiger partial charge >= 0.3 is 5.97 Å². The van der Waals surface area contributed by atoms with Gasteiger partial charge in [0, 0.05) is 67.9 Å². The minimum Gasteiger partial charge on any atom is -0.508 e. The number of hydrogen-bond acceptors (Lipinski definition) is 12. The highest BCUT2D eigenvalue weighted by atomic mass is 16.5. The number of nitrogens with zero attached hydrogens (tertiary/aromatic N) is 6. The number of phenolic OH excluding ortho intramolecular Hbond substituents is 1. The van der Waals surface area contributed by atoms with Crippen LogP contribution in [0.5, 0.6) is 5.75 Å². The number of carbonyl (C=O) groups is 5. The lowest BCUT2D eigenvalue weighted by atomic mass is 9.83. The molecule has 1 fully saturated rings. The predicted molar refractivity (Wildman–Crippen MR) is 268 cm³/mol. The number of methoxy groups -OCH3 is 1. The largest absolute Gasteiger partial charge is 0.508 e. The number of rotatable bonds is 13. The van der Waals surface area contributed by atoms with Crippen LogP contribution >= 0.6 is 0 Å². The van der Waals surface area contributed by atoms with Gasteiger partial charge in [0.2, 0.25) is 11.8 Å². The molecule has 2 aromatic carbocycles. The van der Waals surface area contributed by atoms with Crippen LogP contribution in [0.15, 0.2) is 85.2 Å². The number of aromatic hydroxyl groups is 1. The summed E-state index contributed by atoms with van der Waals surface area (Å²) < 4.78 is 14.0. The van der Waals surface area contributed by atoms with Gasteiger partial charge in [-0.2, -0.15) is 0 Å². The highest BCUT2D eigenvalue weighted by Gasteiger charge is 2.42. The average molecular weight is 955 g/mol. The number of ketones is 1. The SMILES string of the molecule is CCn1c(-c2cccnc2COC)c2c3cc(ccc31)-c1cc(O)cc(c1)C[C@@H](C(=O)[C@H](C(C)C)N(C)C(=O)c1ccc(NC(=O)/C=C/CN(C)C)cn1)C(=O)N1CCC[C@H](N1)C(=O)OCC(C)(C)C2. The third kappa shape index (κ3) is 11.5. The summed E-state index contributed by atoms with van der Waals surface area (Å²) in [5.41, 5.74) is 9.74. The number of phenols is 1. The number of Topliss-reactive ketones (excluding diaryl/α,β-unsaturated/α-hetero) is 1. The standard InChI is InChI=1S/C54H66N8O8/c1-10-61-46-20-17-35-28-40(46)42(49(61)39-14-11-21-55-45(39)31-69-9)29-54(4,5)32-70-53(68)44-15-12-23-62(58-44)51(66)41(26-34-24-36(35)27-38(63)25-34)50(65)48(33(2)3)60(8)52(67)43-19-18-37(30-56-43)57-47(64)16-13-22-59(6)7/h11,13-14,16-21,24-25,27-28,30,33,41,44,48,58,63H,10,12,15,22-23,26,29,31-32H2,1-9H3,(H,57,64)/b16-13+/t41-,44-,48-/m0/s1. The number of amides is 3. The molecule has 6 bridgehead atoms. The van der Waals surface area contributed by atoms with E-state index in [4.69, 9.17) is 14.5 Å². The zero-order valence-corrected chi connectivity index (χ0v) is 41.7. The van der Waals surface area contributed by atoms with Crippen molar-refractivity contribution in [2.24, 2.45) is 17.3 Å². The van der Waals surface area contributed by atoms with Gasteiger partial charge < -0.3 is 34.3 Å². The number of pyridine rings is 2. The fraction of sp³-hybridized carbons (Fsp3) is 0.426. The van der Waals surface area contributed by atoms with E-state index in [0.717, 1.165) is 39.0 Å². The number of ether oxygens (including phenoxy) is 2. The number of nitrogens with one attached hydrogen (secondary N) is 2. The molecule has 1 saturated heterocycles. The molecule has 5 aromatic rings. The van der Waals surface area contributed by atoms with Crippen LogP contribution in [0.2, 0.25) is 0 Å². The van der Waals surface area contributed by atoms with Gasteiger partial charge in [-0.15, -0.1) is 0 Å². The second-order valence-corrected chi connectivity index (χ2v) is 19.7. The Morgan fingerprint density at radius 3 is 2.53 bits per heavy atom. The number of carbonyl (C=O) groups excluding carboxylic acids is 5. The highest BCUT2D eigenvalue weighted by molar-refractivity contribution is 6.06. The first-order valence-corrected chi connectivity index (χ1v) is 23.9. The van der Waals surface area contributed by atoms with Gasteiger partial charge in [0.1, 0.15) is 23.4 Å². The zero-order chi connectivity index (χ0) is 50.4. The Labute approximate surface area is 410 Å². The molecule has 0 unspecified atom stereocenters. The third-order valence-electron chi connectivity index (χ3n) is 13.0. The van der Waals surface area contributed by atoms with Crippen LogP contribution < -0.4 is 10.7 Å². The first-order valence-electron chi connectivity index (χ1n) is 23.9. The van der Waals surface area contributed by atoms with Crippen molar-refractivity contribution < 1.29 is 38.6 Å². The van der Waals surface area contributed by atoms with E-state index in [1.807, 2.05) is 37.2 Å². The smallest absolute Gasteiger partial charge is 0.324 e. The summed E-state index contributed by atoms with van der Waals surface area (Å²) in [7, 11) is 6.94. The summed E-state index contributed by atoms with van der Waals surface area (Å²) in [6, 6.07) is 16.4. The van der Waals surface area contributed by atoms with E-state index in [9.17, 15) is 24.3 Å². The summed E-state index contributed by atoms with van der Waals surface area (Å²) in [4.78, 5) is 83.0. The van der Waals surface area contributed by atoms with Crippen molar-refractivity contribution in [3.63, 3.8) is 0 Å². The summed E-state index contributed by atoms with van der Waals surface area (Å²) in [5.74, 6) is -4.34. The van der Waals surface area contributed by atoms with Crippen LogP contribution in [0, 0.1) is 17.3 Å². The Morgan fingerprint density at radius 1 is 1.04 bits per heavy atom. The lowest BCUT2D eigenvalue weighted by molar-refractivity contribution is -0.156. The molecule has 2 aliphatic heterocycles. The summed E-state index contributed by atoms with van der Waals surface area (Å²) in [5, 5.41) is 16.4. The van der Waals surface area contributed by atoms with Gasteiger partial charge in [-0.1, -0.05) is 45.9 Å². The van der Waals surface area contributed by atoms with E-state index in [1.54, 1.807) is 51.4 Å². The Balaban J connectivity index is 1.29. The quantitative estimate of drug-likeness (QED) is 0.0635. The number of hydrazine groups is 1. The minimum atomic E-state index is -1.35. The summed E-state index contributed by atoms with van der Waals surface area (Å²) >= 11 is 0. The summed E-state index contributed by atoms with van der Waals surface area (Å²) in [6.07, 6.45) is 7.57. The number of anilines is 1. The molecule has 3 N–H and O–H groups in total. The topological polar surface area (TPSA) is 189 Å². The molecule has 16 nitrogen and oxygen atoms in total. The van der Waals surface area contributed by atoms with E-state index < -0.39 is 52.9 Å². The second kappa shape index (κ2) is 21.9. The van der Waals surface area contributed by atoms with Crippen LogP contribution in [0.1, 0.15) is 74.8 Å². The van der Waals surface area contributed by atoms with Crippen molar-refractivity contribution in [3.8, 4) is 28.1 Å². The Kier molecular flexibility index (Phi) is 16.0. The average Bonchev–Trinajstić information content (AvgIpc) is 3.63. The Hall–Kier alpha value is -6.75. The molecule has 3 atom stereocenters. The molecule has 370 valence electrons. The van der Waals surface area contributed by atoms with Crippen molar-refractivity contribution >= 4 is 46.1 Å². The van der Waals surface area contributed by atoms with E-state index in [-0.39, 0.29) is 36.9 Å². The van der Waals surface area contributed by atoms with Crippen LogP contribution in [0.3, 0.4) is 0 Å². The summed E-state index contributed by atoms with van der Waals surface area (Å²) in [6.45, 7) is 11.7. The molecule has 0 aliphatic carbocycles. The highest BCUT2D eigenvalue weighted by Crippen LogP contribution is 2.41. The molecule has 7 rings (SSSR count). The molecule has 70 heavy (non-hydrogen) atoms. The van der Waals surface area contributed by atoms with Crippen LogP contribution in [0.25, 0.3) is 33.3 Å². The van der Waals surface area contributed by atoms with Crippen LogP contribution in [-0.2, 0) is 54.6 Å². The molecule has 5 heterocycles. The van der Waals surface area contributed by atoms with E-state index >= 15 is 4.79 Å². The van der Waals surface area contributed by atoms with Gasteiger partial charge in [0.25, 0.3) is 5.91 Å². The molecule has 2 aliphatic rings. The molecule has 0 saturated carbocycles. The number of aryl methyl sites for hydroxylation is 1. The second-order valence-electron chi connectivity index (χ2n) is 19.7. The normalized spacial score (nSPS) is 18.0. The van der Waals surface area contributed by atoms with Gasteiger partial charge in [-0.05, 0) is 123 Å². The third-order valence-corrected chi connectivity index (χ3v) is 13.0. The van der Waals surface area contributed by atoms with Gasteiger partial charge in [0.05, 0.1) is 42.5 Å². The number of hydrogen-bond donors (Lipinski definition) is 3. The number of benzene rings is 2. The Bertz CT molecular complexity index is 2780. The van der Waals surface area contributed by atoms with Gasteiger partial charge in [-0.25, -0.2) is 10.4 Å². The van der Waals surface area contributed by atoms with Crippen molar-refractivity contribution in [1.82, 2.24) is 34.8 Å².